The molecule has 14 heavy (non-hydrogen) atoms. The van der Waals surface area contributed by atoms with Gasteiger partial charge in [0.2, 0.25) is 0 Å². The first kappa shape index (κ1) is 10.6. The highest BCUT2D eigenvalue weighted by atomic mass is 15.1. The lowest BCUT2D eigenvalue weighted by atomic mass is 10.3. The maximum absolute atomic E-state index is 4.32. The molecule has 2 rings (SSSR count). The molecule has 0 atom stereocenters. The Kier molecular flexibility index (Phi) is 3.51. The average Bonchev–Trinajstić information content (AvgIpc) is 2.62. The van der Waals surface area contributed by atoms with Crippen LogP contribution in [0.25, 0.3) is 5.65 Å². The molecule has 0 aliphatic heterocycles. The second-order valence-corrected chi connectivity index (χ2v) is 2.85. The molecule has 3 nitrogen and oxygen atoms in total. The van der Waals surface area contributed by atoms with Gasteiger partial charge in [-0.05, 0) is 18.6 Å². The summed E-state index contributed by atoms with van der Waals surface area (Å²) in [4.78, 5) is 4.32. The predicted molar refractivity (Wildman–Crippen MR) is 60.8 cm³/mol. The van der Waals surface area contributed by atoms with Gasteiger partial charge in [0.05, 0.1) is 6.20 Å². The minimum absolute atomic E-state index is 0.903. The topological polar surface area (TPSA) is 29.3 Å². The zero-order valence-electron chi connectivity index (χ0n) is 9.20. The SMILES string of the molecule is CC.CNc1cn2cc(C)ccc2n1. The molecule has 0 aromatic carbocycles. The lowest BCUT2D eigenvalue weighted by Crippen LogP contribution is -1.85. The molecular weight excluding hydrogens is 174 g/mol. The van der Waals surface area contributed by atoms with Crippen molar-refractivity contribution in [3.8, 4) is 0 Å². The molecule has 0 bridgehead atoms. The summed E-state index contributed by atoms with van der Waals surface area (Å²) in [6.45, 7) is 6.07. The number of fused-ring (bicyclic) bond motifs is 1. The summed E-state index contributed by atoms with van der Waals surface area (Å²) in [5.41, 5.74) is 2.22. The van der Waals surface area contributed by atoms with E-state index >= 15 is 0 Å². The molecule has 0 unspecified atom stereocenters. The third-order valence-corrected chi connectivity index (χ3v) is 1.86. The van der Waals surface area contributed by atoms with E-state index in [1.54, 1.807) is 0 Å². The first-order valence-corrected chi connectivity index (χ1v) is 4.93. The number of imidazole rings is 1. The third kappa shape index (κ3) is 2.05. The van der Waals surface area contributed by atoms with Crippen molar-refractivity contribution in [2.24, 2.45) is 0 Å². The Hall–Kier alpha value is -1.51. The summed E-state index contributed by atoms with van der Waals surface area (Å²) in [5.74, 6) is 0.903. The molecule has 0 radical (unpaired) electrons. The molecule has 2 aromatic heterocycles. The molecule has 0 aliphatic rings. The Labute approximate surface area is 84.8 Å². The minimum atomic E-state index is 0.903. The normalized spacial score (nSPS) is 9.43. The summed E-state index contributed by atoms with van der Waals surface area (Å²) in [6.07, 6.45) is 4.03. The highest BCUT2D eigenvalue weighted by Gasteiger charge is 1.97. The number of aromatic nitrogens is 2. The second-order valence-electron chi connectivity index (χ2n) is 2.85. The van der Waals surface area contributed by atoms with Crippen LogP contribution in [0, 0.1) is 6.92 Å². The molecule has 0 saturated carbocycles. The maximum atomic E-state index is 4.32. The smallest absolute Gasteiger partial charge is 0.145 e. The van der Waals surface area contributed by atoms with Crippen molar-refractivity contribution in [1.29, 1.82) is 0 Å². The van der Waals surface area contributed by atoms with Crippen molar-refractivity contribution in [3.05, 3.63) is 30.1 Å². The molecule has 3 heteroatoms. The molecule has 76 valence electrons. The van der Waals surface area contributed by atoms with E-state index in [-0.39, 0.29) is 0 Å². The van der Waals surface area contributed by atoms with E-state index in [1.165, 1.54) is 5.56 Å². The zero-order chi connectivity index (χ0) is 10.6. The number of hydrogen-bond acceptors (Lipinski definition) is 2. The summed E-state index contributed by atoms with van der Waals surface area (Å²) in [6, 6.07) is 4.07. The predicted octanol–water partition coefficient (Wildman–Crippen LogP) is 2.71. The zero-order valence-corrected chi connectivity index (χ0v) is 9.20. The molecule has 0 fully saturated rings. The van der Waals surface area contributed by atoms with Gasteiger partial charge >= 0.3 is 0 Å². The average molecular weight is 191 g/mol. The lowest BCUT2D eigenvalue weighted by molar-refractivity contribution is 1.16. The van der Waals surface area contributed by atoms with Crippen molar-refractivity contribution in [3.63, 3.8) is 0 Å². The van der Waals surface area contributed by atoms with E-state index in [9.17, 15) is 0 Å². The molecule has 1 N–H and O–H groups in total. The van der Waals surface area contributed by atoms with Crippen LogP contribution in [0.4, 0.5) is 5.82 Å². The Morgan fingerprint density at radius 2 is 1.93 bits per heavy atom. The summed E-state index contributed by atoms with van der Waals surface area (Å²) in [7, 11) is 1.87. The standard InChI is InChI=1S/C9H11N3.C2H6/c1-7-3-4-9-11-8(10-2)6-12(9)5-7;1-2/h3-6,10H,1-2H3;1-2H3. The van der Waals surface area contributed by atoms with Crippen LogP contribution in [0.5, 0.6) is 0 Å². The maximum Gasteiger partial charge on any atom is 0.145 e. The van der Waals surface area contributed by atoms with E-state index in [0.29, 0.717) is 0 Å². The van der Waals surface area contributed by atoms with E-state index in [4.69, 9.17) is 0 Å². The fraction of sp³-hybridized carbons (Fsp3) is 0.364. The fourth-order valence-electron chi connectivity index (χ4n) is 1.22. The van der Waals surface area contributed by atoms with Gasteiger partial charge in [0.15, 0.2) is 0 Å². The Balaban J connectivity index is 0.000000461. The van der Waals surface area contributed by atoms with Gasteiger partial charge in [-0.3, -0.25) is 0 Å². The number of rotatable bonds is 1. The molecule has 0 aliphatic carbocycles. The van der Waals surface area contributed by atoms with Crippen LogP contribution in [0.2, 0.25) is 0 Å². The van der Waals surface area contributed by atoms with Gasteiger partial charge in [-0.15, -0.1) is 0 Å². The van der Waals surface area contributed by atoms with E-state index < -0.39 is 0 Å². The number of anilines is 1. The van der Waals surface area contributed by atoms with Crippen LogP contribution in [0.1, 0.15) is 19.4 Å². The first-order valence-electron chi connectivity index (χ1n) is 4.93. The van der Waals surface area contributed by atoms with Gasteiger partial charge in [0.25, 0.3) is 0 Å². The van der Waals surface area contributed by atoms with E-state index in [2.05, 4.69) is 29.5 Å². The van der Waals surface area contributed by atoms with Crippen molar-refractivity contribution in [1.82, 2.24) is 9.38 Å². The van der Waals surface area contributed by atoms with Crippen LogP contribution < -0.4 is 5.32 Å². The highest BCUT2D eigenvalue weighted by molar-refractivity contribution is 5.48. The number of hydrogen-bond donors (Lipinski definition) is 1. The quantitative estimate of drug-likeness (QED) is 0.751. The summed E-state index contributed by atoms with van der Waals surface area (Å²) in [5, 5.41) is 3.00. The van der Waals surface area contributed by atoms with Crippen LogP contribution >= 0.6 is 0 Å². The number of pyridine rings is 1. The molecule has 2 heterocycles. The van der Waals surface area contributed by atoms with Crippen molar-refractivity contribution < 1.29 is 0 Å². The van der Waals surface area contributed by atoms with Gasteiger partial charge in [0.1, 0.15) is 11.5 Å². The molecule has 0 saturated heterocycles. The molecular formula is C11H17N3. The van der Waals surface area contributed by atoms with E-state index in [1.807, 2.05) is 37.6 Å². The Morgan fingerprint density at radius 1 is 1.21 bits per heavy atom. The number of aryl methyl sites for hydroxylation is 1. The van der Waals surface area contributed by atoms with Crippen LogP contribution in [-0.4, -0.2) is 16.4 Å². The van der Waals surface area contributed by atoms with Crippen LogP contribution in [-0.2, 0) is 0 Å². The van der Waals surface area contributed by atoms with Gasteiger partial charge in [-0.1, -0.05) is 19.9 Å². The van der Waals surface area contributed by atoms with Crippen molar-refractivity contribution in [2.75, 3.05) is 12.4 Å². The van der Waals surface area contributed by atoms with Gasteiger partial charge in [-0.25, -0.2) is 4.98 Å². The summed E-state index contributed by atoms with van der Waals surface area (Å²) < 4.78 is 2.02. The lowest BCUT2D eigenvalue weighted by Gasteiger charge is -1.92. The molecule has 0 amide bonds. The van der Waals surface area contributed by atoms with Crippen LogP contribution in [0.3, 0.4) is 0 Å². The Bertz CT molecular complexity index is 404. The van der Waals surface area contributed by atoms with Gasteiger partial charge < -0.3 is 9.72 Å². The second kappa shape index (κ2) is 4.65. The monoisotopic (exact) mass is 191 g/mol. The van der Waals surface area contributed by atoms with Gasteiger partial charge in [-0.2, -0.15) is 0 Å². The highest BCUT2D eigenvalue weighted by Crippen LogP contribution is 2.09. The number of nitrogens with one attached hydrogen (secondary N) is 1. The van der Waals surface area contributed by atoms with Crippen LogP contribution in [0.15, 0.2) is 24.5 Å². The molecule has 2 aromatic rings. The van der Waals surface area contributed by atoms with Gasteiger partial charge in [0, 0.05) is 13.2 Å². The number of nitrogens with zero attached hydrogens (tertiary/aromatic N) is 2. The molecule has 0 spiro atoms. The third-order valence-electron chi connectivity index (χ3n) is 1.86. The van der Waals surface area contributed by atoms with Crippen molar-refractivity contribution >= 4 is 11.5 Å². The van der Waals surface area contributed by atoms with E-state index in [0.717, 1.165) is 11.5 Å². The minimum Gasteiger partial charge on any atom is -0.372 e. The Morgan fingerprint density at radius 3 is 2.57 bits per heavy atom. The first-order chi connectivity index (χ1) is 6.79. The fourth-order valence-corrected chi connectivity index (χ4v) is 1.22. The summed E-state index contributed by atoms with van der Waals surface area (Å²) >= 11 is 0. The van der Waals surface area contributed by atoms with Crippen molar-refractivity contribution in [2.45, 2.75) is 20.8 Å². The largest absolute Gasteiger partial charge is 0.372 e.